The third kappa shape index (κ3) is 4.08. The third-order valence-electron chi connectivity index (χ3n) is 3.80. The van der Waals surface area contributed by atoms with Crippen LogP contribution in [0.15, 0.2) is 22.7 Å². The van der Waals surface area contributed by atoms with Crippen molar-refractivity contribution in [3.63, 3.8) is 0 Å². The number of likely N-dealkylation sites (N-methyl/N-ethyl adjacent to an activating group) is 1. The Morgan fingerprint density at radius 3 is 2.82 bits per heavy atom. The zero-order valence-corrected chi connectivity index (χ0v) is 14.8. The minimum Gasteiger partial charge on any atom is -0.355 e. The normalized spacial score (nSPS) is 18.1. The maximum Gasteiger partial charge on any atom is 0.227 e. The molecule has 1 N–H and O–H groups in total. The first kappa shape index (κ1) is 17.0. The fourth-order valence-corrected chi connectivity index (χ4v) is 3.06. The molecule has 1 heterocycles. The highest BCUT2D eigenvalue weighted by molar-refractivity contribution is 9.10. The molecular weight excluding hydrogens is 346 g/mol. The fourth-order valence-electron chi connectivity index (χ4n) is 2.58. The Labute approximate surface area is 139 Å². The Morgan fingerprint density at radius 1 is 1.45 bits per heavy atom. The number of carbonyl (C=O) groups is 2. The highest BCUT2D eigenvalue weighted by atomic mass is 79.9. The van der Waals surface area contributed by atoms with Gasteiger partial charge in [0.05, 0.1) is 5.92 Å². The van der Waals surface area contributed by atoms with Crippen molar-refractivity contribution in [3.8, 4) is 0 Å². The van der Waals surface area contributed by atoms with Gasteiger partial charge in [-0.05, 0) is 44.8 Å². The predicted molar refractivity (Wildman–Crippen MR) is 90.9 cm³/mol. The van der Waals surface area contributed by atoms with Crippen molar-refractivity contribution in [2.75, 3.05) is 38.6 Å². The molecule has 2 amide bonds. The maximum absolute atomic E-state index is 12.2. The molecule has 0 aliphatic carbocycles. The van der Waals surface area contributed by atoms with Crippen molar-refractivity contribution in [1.29, 1.82) is 0 Å². The lowest BCUT2D eigenvalue weighted by Gasteiger charge is -2.19. The standard InChI is InChI=1S/C16H22BrN3O2/c1-11-8-13(17)4-5-14(11)20-10-12(9-15(20)21)16(22)18-6-7-19(2)3/h4-5,8,12H,6-7,9-10H2,1-3H3,(H,18,22). The molecule has 1 aliphatic heterocycles. The van der Waals surface area contributed by atoms with Crippen molar-refractivity contribution in [3.05, 3.63) is 28.2 Å². The molecule has 5 nitrogen and oxygen atoms in total. The number of halogens is 1. The van der Waals surface area contributed by atoms with Gasteiger partial charge in [-0.3, -0.25) is 9.59 Å². The quantitative estimate of drug-likeness (QED) is 0.862. The lowest BCUT2D eigenvalue weighted by molar-refractivity contribution is -0.126. The summed E-state index contributed by atoms with van der Waals surface area (Å²) in [7, 11) is 3.92. The van der Waals surface area contributed by atoms with Gasteiger partial charge in [0.25, 0.3) is 0 Å². The zero-order chi connectivity index (χ0) is 16.3. The number of hydrogen-bond donors (Lipinski definition) is 1. The van der Waals surface area contributed by atoms with E-state index in [1.165, 1.54) is 0 Å². The van der Waals surface area contributed by atoms with Gasteiger partial charge in [-0.15, -0.1) is 0 Å². The Kier molecular flexibility index (Phi) is 5.58. The monoisotopic (exact) mass is 367 g/mol. The Balaban J connectivity index is 2.00. The second-order valence-electron chi connectivity index (χ2n) is 5.93. The zero-order valence-electron chi connectivity index (χ0n) is 13.2. The first-order valence-corrected chi connectivity index (χ1v) is 8.16. The summed E-state index contributed by atoms with van der Waals surface area (Å²) in [6, 6.07) is 5.82. The van der Waals surface area contributed by atoms with Crippen LogP contribution in [0.3, 0.4) is 0 Å². The molecule has 0 bridgehead atoms. The van der Waals surface area contributed by atoms with Crippen LogP contribution in [-0.2, 0) is 9.59 Å². The van der Waals surface area contributed by atoms with Crippen LogP contribution in [0.4, 0.5) is 5.69 Å². The molecule has 120 valence electrons. The van der Waals surface area contributed by atoms with Gasteiger partial charge < -0.3 is 15.1 Å². The van der Waals surface area contributed by atoms with E-state index in [1.807, 2.05) is 44.1 Å². The molecule has 1 unspecified atom stereocenters. The van der Waals surface area contributed by atoms with Gasteiger partial charge in [-0.2, -0.15) is 0 Å². The number of nitrogens with zero attached hydrogens (tertiary/aromatic N) is 2. The van der Waals surface area contributed by atoms with Crippen LogP contribution in [0.2, 0.25) is 0 Å². The largest absolute Gasteiger partial charge is 0.355 e. The molecule has 1 saturated heterocycles. The van der Waals surface area contributed by atoms with Gasteiger partial charge in [0.1, 0.15) is 0 Å². The maximum atomic E-state index is 12.2. The number of rotatable bonds is 5. The molecule has 6 heteroatoms. The minimum absolute atomic E-state index is 0.0122. The summed E-state index contributed by atoms with van der Waals surface area (Å²) in [6.07, 6.45) is 0.281. The fraction of sp³-hybridized carbons (Fsp3) is 0.500. The second kappa shape index (κ2) is 7.24. The molecule has 1 aromatic carbocycles. The molecular formula is C16H22BrN3O2. The van der Waals surface area contributed by atoms with Crippen molar-refractivity contribution in [1.82, 2.24) is 10.2 Å². The van der Waals surface area contributed by atoms with E-state index in [4.69, 9.17) is 0 Å². The number of amides is 2. The van der Waals surface area contributed by atoms with Gasteiger partial charge in [-0.1, -0.05) is 15.9 Å². The summed E-state index contributed by atoms with van der Waals surface area (Å²) in [5, 5.41) is 2.91. The number of carbonyl (C=O) groups excluding carboxylic acids is 2. The van der Waals surface area contributed by atoms with Crippen LogP contribution in [0.25, 0.3) is 0 Å². The molecule has 1 atom stereocenters. The number of benzene rings is 1. The third-order valence-corrected chi connectivity index (χ3v) is 4.30. The van der Waals surface area contributed by atoms with Crippen molar-refractivity contribution in [2.24, 2.45) is 5.92 Å². The highest BCUT2D eigenvalue weighted by Crippen LogP contribution is 2.29. The van der Waals surface area contributed by atoms with Crippen LogP contribution in [0, 0.1) is 12.8 Å². The molecule has 0 saturated carbocycles. The van der Waals surface area contributed by atoms with Crippen LogP contribution in [-0.4, -0.2) is 50.4 Å². The number of anilines is 1. The topological polar surface area (TPSA) is 52.7 Å². The summed E-state index contributed by atoms with van der Waals surface area (Å²) in [6.45, 7) is 3.82. The van der Waals surface area contributed by atoms with Crippen molar-refractivity contribution < 1.29 is 9.59 Å². The summed E-state index contributed by atoms with van der Waals surface area (Å²) < 4.78 is 0.985. The van der Waals surface area contributed by atoms with Crippen LogP contribution in [0.1, 0.15) is 12.0 Å². The van der Waals surface area contributed by atoms with Crippen molar-refractivity contribution >= 4 is 33.4 Å². The van der Waals surface area contributed by atoms with Gasteiger partial charge in [0, 0.05) is 36.2 Å². The average Bonchev–Trinajstić information content (AvgIpc) is 2.80. The van der Waals surface area contributed by atoms with Gasteiger partial charge in [-0.25, -0.2) is 0 Å². The van der Waals surface area contributed by atoms with E-state index in [0.717, 1.165) is 22.3 Å². The summed E-state index contributed by atoms with van der Waals surface area (Å²) in [5.41, 5.74) is 1.91. The Hall–Kier alpha value is -1.40. The molecule has 0 aromatic heterocycles. The smallest absolute Gasteiger partial charge is 0.227 e. The van der Waals surface area contributed by atoms with E-state index in [0.29, 0.717) is 13.1 Å². The number of nitrogens with one attached hydrogen (secondary N) is 1. The van der Waals surface area contributed by atoms with E-state index in [1.54, 1.807) is 4.90 Å². The van der Waals surface area contributed by atoms with Gasteiger partial charge in [0.2, 0.25) is 11.8 Å². The van der Waals surface area contributed by atoms with Crippen molar-refractivity contribution in [2.45, 2.75) is 13.3 Å². The first-order chi connectivity index (χ1) is 10.4. The molecule has 2 rings (SSSR count). The summed E-state index contributed by atoms with van der Waals surface area (Å²) in [4.78, 5) is 28.1. The Bertz CT molecular complexity index is 575. The lowest BCUT2D eigenvalue weighted by Crippen LogP contribution is -2.36. The summed E-state index contributed by atoms with van der Waals surface area (Å²) >= 11 is 3.42. The van der Waals surface area contributed by atoms with E-state index < -0.39 is 0 Å². The van der Waals surface area contributed by atoms with E-state index >= 15 is 0 Å². The molecule has 22 heavy (non-hydrogen) atoms. The van der Waals surface area contributed by atoms with Crippen LogP contribution >= 0.6 is 15.9 Å². The van der Waals surface area contributed by atoms with E-state index in [9.17, 15) is 9.59 Å². The molecule has 1 fully saturated rings. The van der Waals surface area contributed by atoms with Gasteiger partial charge in [0.15, 0.2) is 0 Å². The highest BCUT2D eigenvalue weighted by Gasteiger charge is 2.35. The average molecular weight is 368 g/mol. The molecule has 1 aliphatic rings. The second-order valence-corrected chi connectivity index (χ2v) is 6.85. The van der Waals surface area contributed by atoms with E-state index in [2.05, 4.69) is 21.2 Å². The molecule has 1 aromatic rings. The summed E-state index contributed by atoms with van der Waals surface area (Å²) in [5.74, 6) is -0.289. The van der Waals surface area contributed by atoms with Gasteiger partial charge >= 0.3 is 0 Å². The molecule has 0 spiro atoms. The lowest BCUT2D eigenvalue weighted by atomic mass is 10.1. The minimum atomic E-state index is -0.266. The molecule has 0 radical (unpaired) electrons. The van der Waals surface area contributed by atoms with Crippen LogP contribution in [0.5, 0.6) is 0 Å². The predicted octanol–water partition coefficient (Wildman–Crippen LogP) is 1.79. The number of aryl methyl sites for hydroxylation is 1. The Morgan fingerprint density at radius 2 is 2.18 bits per heavy atom. The van der Waals surface area contributed by atoms with E-state index in [-0.39, 0.29) is 24.2 Å². The SMILES string of the molecule is Cc1cc(Br)ccc1N1CC(C(=O)NCCN(C)C)CC1=O. The number of hydrogen-bond acceptors (Lipinski definition) is 3. The first-order valence-electron chi connectivity index (χ1n) is 7.37. The van der Waals surface area contributed by atoms with Crippen LogP contribution < -0.4 is 10.2 Å².